The summed E-state index contributed by atoms with van der Waals surface area (Å²) in [6.07, 6.45) is 5.70. The Hall–Kier alpha value is -5.17. The molecule has 7 heteroatoms. The molecule has 3 aliphatic rings. The minimum Gasteiger partial charge on any atom is -0.497 e. The van der Waals surface area contributed by atoms with Crippen molar-refractivity contribution >= 4 is 29.2 Å². The number of Topliss-reactive ketones (excluding diaryl/α,β-unsaturated/α-hetero) is 2. The third kappa shape index (κ3) is 4.21. The number of hydrogen-bond donors (Lipinski definition) is 1. The smallest absolute Gasteiger partial charge is 0.238 e. The number of rotatable bonds is 8. The van der Waals surface area contributed by atoms with Gasteiger partial charge in [-0.1, -0.05) is 80.1 Å². The predicted molar refractivity (Wildman–Crippen MR) is 173 cm³/mol. The molecule has 4 atom stereocenters. The number of fused-ring (bicyclic) bond motifs is 6. The Morgan fingerprint density at radius 3 is 2.40 bits per heavy atom. The minimum atomic E-state index is -1.40. The van der Waals surface area contributed by atoms with Crippen molar-refractivity contribution in [3.8, 4) is 11.5 Å². The van der Waals surface area contributed by atoms with E-state index < -0.39 is 23.4 Å². The molecule has 3 aliphatic heterocycles. The van der Waals surface area contributed by atoms with Gasteiger partial charge >= 0.3 is 0 Å². The monoisotopic (exact) mass is 598 g/mol. The maximum absolute atomic E-state index is 15.1. The summed E-state index contributed by atoms with van der Waals surface area (Å²) in [6, 6.07) is 26.4. The van der Waals surface area contributed by atoms with Gasteiger partial charge in [0.2, 0.25) is 5.91 Å². The summed E-state index contributed by atoms with van der Waals surface area (Å²) in [4.78, 5) is 46.7. The normalized spacial score (nSPS) is 22.4. The van der Waals surface area contributed by atoms with Crippen LogP contribution in [0.3, 0.4) is 0 Å². The summed E-state index contributed by atoms with van der Waals surface area (Å²) in [6.45, 7) is 2.11. The Kier molecular flexibility index (Phi) is 7.04. The molecule has 7 rings (SSSR count). The van der Waals surface area contributed by atoms with Crippen LogP contribution in [-0.4, -0.2) is 42.6 Å². The average molecular weight is 599 g/mol. The molecule has 3 heterocycles. The highest BCUT2D eigenvalue weighted by Crippen LogP contribution is 2.62. The van der Waals surface area contributed by atoms with Gasteiger partial charge in [0.05, 0.1) is 31.7 Å². The van der Waals surface area contributed by atoms with E-state index in [0.29, 0.717) is 28.3 Å². The molecule has 45 heavy (non-hydrogen) atoms. The quantitative estimate of drug-likeness (QED) is 0.229. The van der Waals surface area contributed by atoms with E-state index in [1.807, 2.05) is 90.0 Å². The van der Waals surface area contributed by atoms with Crippen LogP contribution in [0.5, 0.6) is 11.5 Å². The first kappa shape index (κ1) is 28.6. The zero-order valence-corrected chi connectivity index (χ0v) is 25.4. The van der Waals surface area contributed by atoms with Crippen LogP contribution < -0.4 is 14.8 Å². The van der Waals surface area contributed by atoms with Gasteiger partial charge in [0.1, 0.15) is 23.0 Å². The Bertz CT molecular complexity index is 1860. The first-order valence-corrected chi connectivity index (χ1v) is 15.3. The first-order chi connectivity index (χ1) is 21.9. The molecule has 226 valence electrons. The number of para-hydroxylation sites is 1. The molecule has 1 spiro atoms. The van der Waals surface area contributed by atoms with Crippen LogP contribution in [0.2, 0.25) is 0 Å². The number of ketones is 2. The molecule has 0 bridgehead atoms. The van der Waals surface area contributed by atoms with Crippen LogP contribution in [0.4, 0.5) is 5.69 Å². The molecule has 1 fully saturated rings. The van der Waals surface area contributed by atoms with E-state index in [1.165, 1.54) is 14.2 Å². The van der Waals surface area contributed by atoms with Gasteiger partial charge < -0.3 is 19.7 Å². The van der Waals surface area contributed by atoms with Crippen molar-refractivity contribution in [1.29, 1.82) is 0 Å². The molecule has 0 saturated carbocycles. The van der Waals surface area contributed by atoms with Crippen molar-refractivity contribution in [1.82, 2.24) is 4.90 Å². The van der Waals surface area contributed by atoms with Gasteiger partial charge in [0, 0.05) is 17.5 Å². The van der Waals surface area contributed by atoms with Crippen LogP contribution in [-0.2, 0) is 16.6 Å². The van der Waals surface area contributed by atoms with Crippen molar-refractivity contribution in [3.63, 3.8) is 0 Å². The molecule has 4 aromatic carbocycles. The Balaban J connectivity index is 1.51. The number of methoxy groups -OCH3 is 2. The number of ether oxygens (including phenoxy) is 2. The number of carbonyl (C=O) groups excluding carboxylic acids is 3. The zero-order valence-electron chi connectivity index (χ0n) is 25.4. The van der Waals surface area contributed by atoms with Crippen molar-refractivity contribution in [3.05, 3.63) is 131 Å². The van der Waals surface area contributed by atoms with Gasteiger partial charge in [-0.3, -0.25) is 14.4 Å². The molecule has 0 radical (unpaired) electrons. The third-order valence-electron chi connectivity index (χ3n) is 9.57. The topological polar surface area (TPSA) is 84.9 Å². The van der Waals surface area contributed by atoms with Gasteiger partial charge in [-0.25, -0.2) is 0 Å². The van der Waals surface area contributed by atoms with E-state index in [2.05, 4.69) is 12.2 Å². The van der Waals surface area contributed by atoms with Crippen molar-refractivity contribution in [2.75, 3.05) is 19.5 Å². The van der Waals surface area contributed by atoms with Gasteiger partial charge in [-0.2, -0.15) is 0 Å². The number of nitrogens with one attached hydrogen (secondary N) is 1. The fraction of sp³-hybridized carbons (Fsp3) is 0.237. The molecule has 0 aliphatic carbocycles. The van der Waals surface area contributed by atoms with E-state index >= 15 is 9.59 Å². The van der Waals surface area contributed by atoms with Crippen LogP contribution >= 0.6 is 0 Å². The predicted octanol–water partition coefficient (Wildman–Crippen LogP) is 6.64. The Morgan fingerprint density at radius 2 is 1.64 bits per heavy atom. The second kappa shape index (κ2) is 11.1. The second-order valence-electron chi connectivity index (χ2n) is 11.8. The standard InChI is InChI=1S/C38H34N2O5/c1-4-9-23-14-16-25(17-15-23)34(41)32-33(35(42)28-22-26(44-2)18-19-31(28)45-3)40-21-20-24-10-5-6-11-27(24)36(40)38(32)29-12-7-8-13-30(29)39-37(38)43/h5-8,10-22,32-33,36H,4,9H2,1-3H3,(H,39,43)/t32-,33-,36-,38-/m1/s1. The molecule has 1 N–H and O–H groups in total. The molecular formula is C38H34N2O5. The first-order valence-electron chi connectivity index (χ1n) is 15.3. The maximum Gasteiger partial charge on any atom is 0.238 e. The Morgan fingerprint density at radius 1 is 0.889 bits per heavy atom. The zero-order chi connectivity index (χ0) is 31.3. The largest absolute Gasteiger partial charge is 0.497 e. The van der Waals surface area contributed by atoms with Gasteiger partial charge in [0.15, 0.2) is 11.6 Å². The molecule has 1 amide bonds. The Labute approximate surface area is 262 Å². The van der Waals surface area contributed by atoms with Crippen molar-refractivity contribution < 1.29 is 23.9 Å². The highest BCUT2D eigenvalue weighted by molar-refractivity contribution is 6.17. The fourth-order valence-corrected chi connectivity index (χ4v) is 7.64. The summed E-state index contributed by atoms with van der Waals surface area (Å²) >= 11 is 0. The molecule has 4 aromatic rings. The molecule has 1 saturated heterocycles. The lowest BCUT2D eigenvalue weighted by molar-refractivity contribution is -0.122. The molecule has 0 unspecified atom stereocenters. The maximum atomic E-state index is 15.1. The summed E-state index contributed by atoms with van der Waals surface area (Å²) in [5.74, 6) is -1.09. The average Bonchev–Trinajstić information content (AvgIpc) is 3.56. The summed E-state index contributed by atoms with van der Waals surface area (Å²) in [5, 5.41) is 3.10. The van der Waals surface area contributed by atoms with Gasteiger partial charge in [-0.15, -0.1) is 0 Å². The SMILES string of the molecule is CCCc1ccc(C(=O)[C@H]2[C@H](C(=O)c3cc(OC)ccc3OC)N3C=Cc4ccccc4[C@@H]3[C@]23C(=O)Nc2ccccc23)cc1. The lowest BCUT2D eigenvalue weighted by atomic mass is 9.62. The number of aryl methyl sites for hydroxylation is 1. The summed E-state index contributed by atoms with van der Waals surface area (Å²) in [7, 11) is 3.05. The van der Waals surface area contributed by atoms with Gasteiger partial charge in [0.25, 0.3) is 0 Å². The van der Waals surface area contributed by atoms with Gasteiger partial charge in [-0.05, 0) is 59.0 Å². The van der Waals surface area contributed by atoms with E-state index in [-0.39, 0.29) is 23.0 Å². The third-order valence-corrected chi connectivity index (χ3v) is 9.57. The molecular weight excluding hydrogens is 564 g/mol. The van der Waals surface area contributed by atoms with Crippen LogP contribution in [0.1, 0.15) is 62.4 Å². The number of hydrogen-bond acceptors (Lipinski definition) is 6. The number of amides is 1. The van der Waals surface area contributed by atoms with Crippen LogP contribution in [0.15, 0.2) is 97.2 Å². The molecule has 0 aromatic heterocycles. The van der Waals surface area contributed by atoms with Crippen molar-refractivity contribution in [2.45, 2.75) is 37.3 Å². The summed E-state index contributed by atoms with van der Waals surface area (Å²) < 4.78 is 11.1. The van der Waals surface area contributed by atoms with E-state index in [1.54, 1.807) is 18.2 Å². The molecule has 7 nitrogen and oxygen atoms in total. The number of nitrogens with zero attached hydrogens (tertiary/aromatic N) is 1. The highest BCUT2D eigenvalue weighted by Gasteiger charge is 2.70. The lowest BCUT2D eigenvalue weighted by Crippen LogP contribution is -2.49. The number of carbonyl (C=O) groups is 3. The van der Waals surface area contributed by atoms with E-state index in [9.17, 15) is 4.79 Å². The minimum absolute atomic E-state index is 0.259. The number of benzene rings is 4. The van der Waals surface area contributed by atoms with Crippen LogP contribution in [0, 0.1) is 5.92 Å². The number of anilines is 1. The second-order valence-corrected chi connectivity index (χ2v) is 11.8. The van der Waals surface area contributed by atoms with Crippen LogP contribution in [0.25, 0.3) is 6.08 Å². The van der Waals surface area contributed by atoms with E-state index in [0.717, 1.165) is 29.5 Å². The van der Waals surface area contributed by atoms with Crippen molar-refractivity contribution in [2.24, 2.45) is 5.92 Å². The summed E-state index contributed by atoms with van der Waals surface area (Å²) in [5.41, 5.74) is 3.66. The highest BCUT2D eigenvalue weighted by atomic mass is 16.5. The van der Waals surface area contributed by atoms with E-state index in [4.69, 9.17) is 9.47 Å². The fourth-order valence-electron chi connectivity index (χ4n) is 7.64. The lowest BCUT2D eigenvalue weighted by Gasteiger charge is -2.38.